The molecule has 3 rings (SSSR count). The van der Waals surface area contributed by atoms with Crippen LogP contribution in [0.1, 0.15) is 36.0 Å². The molecule has 1 aromatic rings. The molecule has 8 heteroatoms. The lowest BCUT2D eigenvalue weighted by atomic mass is 10.0. The third-order valence-corrected chi connectivity index (χ3v) is 5.87. The lowest BCUT2D eigenvalue weighted by Gasteiger charge is -2.36. The number of methoxy groups -OCH3 is 2. The molecule has 1 N–H and O–H groups in total. The molecule has 0 atom stereocenters. The van der Waals surface area contributed by atoms with E-state index in [-0.39, 0.29) is 18.4 Å². The minimum absolute atomic E-state index is 0.0427. The van der Waals surface area contributed by atoms with Crippen LogP contribution in [-0.2, 0) is 4.79 Å². The largest absolute Gasteiger partial charge is 0.493 e. The zero-order chi connectivity index (χ0) is 21.7. The fourth-order valence-corrected chi connectivity index (χ4v) is 4.38. The van der Waals surface area contributed by atoms with E-state index >= 15 is 0 Å². The van der Waals surface area contributed by atoms with E-state index in [9.17, 15) is 9.59 Å². The van der Waals surface area contributed by atoms with Crippen molar-refractivity contribution in [1.29, 1.82) is 0 Å². The van der Waals surface area contributed by atoms with Crippen molar-refractivity contribution < 1.29 is 19.1 Å². The minimum Gasteiger partial charge on any atom is -0.493 e. The summed E-state index contributed by atoms with van der Waals surface area (Å²) in [5, 5.41) is 2.85. The van der Waals surface area contributed by atoms with Gasteiger partial charge >= 0.3 is 0 Å². The summed E-state index contributed by atoms with van der Waals surface area (Å²) in [7, 11) is 6.69. The van der Waals surface area contributed by atoms with Gasteiger partial charge in [-0.1, -0.05) is 0 Å². The third-order valence-electron chi connectivity index (χ3n) is 5.87. The summed E-state index contributed by atoms with van der Waals surface area (Å²) in [5.74, 6) is 0.611. The Morgan fingerprint density at radius 1 is 1.07 bits per heavy atom. The number of hydrogen-bond acceptors (Lipinski definition) is 6. The van der Waals surface area contributed by atoms with Crippen LogP contribution in [-0.4, -0.2) is 93.6 Å². The zero-order valence-electron chi connectivity index (χ0n) is 18.6. The van der Waals surface area contributed by atoms with Gasteiger partial charge in [0.05, 0.1) is 26.5 Å². The standard InChI is InChI=1S/C22H34N4O4/c1-24(2)15-20(27)23-18-13-16(14-19(29-3)21(18)30-4)22(28)26-11-7-17(8-12-26)25-9-5-6-10-25/h13-14,17H,5-12,15H2,1-4H3,(H,23,27). The molecule has 0 spiro atoms. The first kappa shape index (κ1) is 22.4. The van der Waals surface area contributed by atoms with Crippen LogP contribution in [0, 0.1) is 0 Å². The summed E-state index contributed by atoms with van der Waals surface area (Å²) >= 11 is 0. The molecule has 8 nitrogen and oxygen atoms in total. The monoisotopic (exact) mass is 418 g/mol. The molecule has 2 amide bonds. The van der Waals surface area contributed by atoms with E-state index < -0.39 is 0 Å². The Bertz CT molecular complexity index is 754. The number of rotatable bonds is 7. The lowest BCUT2D eigenvalue weighted by molar-refractivity contribution is -0.116. The fourth-order valence-electron chi connectivity index (χ4n) is 4.38. The van der Waals surface area contributed by atoms with E-state index in [0.717, 1.165) is 25.9 Å². The summed E-state index contributed by atoms with van der Waals surface area (Å²) in [6, 6.07) is 3.96. The van der Waals surface area contributed by atoms with Crippen LogP contribution < -0.4 is 14.8 Å². The normalized spacial score (nSPS) is 18.0. The van der Waals surface area contributed by atoms with E-state index in [1.807, 2.05) is 19.0 Å². The number of ether oxygens (including phenoxy) is 2. The van der Waals surface area contributed by atoms with E-state index in [1.165, 1.54) is 40.2 Å². The summed E-state index contributed by atoms with van der Waals surface area (Å²) in [4.78, 5) is 31.7. The van der Waals surface area contributed by atoms with Crippen molar-refractivity contribution >= 4 is 17.5 Å². The second kappa shape index (κ2) is 10.1. The number of carbonyl (C=O) groups excluding carboxylic acids is 2. The van der Waals surface area contributed by atoms with Crippen molar-refractivity contribution in [2.45, 2.75) is 31.7 Å². The molecule has 2 aliphatic heterocycles. The van der Waals surface area contributed by atoms with Gasteiger partial charge in [0.2, 0.25) is 5.91 Å². The van der Waals surface area contributed by atoms with E-state index in [4.69, 9.17) is 9.47 Å². The van der Waals surface area contributed by atoms with Crippen LogP contribution in [0.4, 0.5) is 5.69 Å². The van der Waals surface area contributed by atoms with Gasteiger partial charge in [0.1, 0.15) is 0 Å². The summed E-state index contributed by atoms with van der Waals surface area (Å²) in [6.45, 7) is 4.09. The summed E-state index contributed by atoms with van der Waals surface area (Å²) < 4.78 is 10.9. The first-order valence-corrected chi connectivity index (χ1v) is 10.7. The van der Waals surface area contributed by atoms with Crippen LogP contribution >= 0.6 is 0 Å². The number of hydrogen-bond donors (Lipinski definition) is 1. The predicted molar refractivity (Wildman–Crippen MR) is 116 cm³/mol. The molecule has 166 valence electrons. The fraction of sp³-hybridized carbons (Fsp3) is 0.636. The SMILES string of the molecule is COc1cc(C(=O)N2CCC(N3CCCC3)CC2)cc(NC(=O)CN(C)C)c1OC. The number of carbonyl (C=O) groups is 2. The molecule has 2 aliphatic rings. The Labute approximate surface area is 179 Å². The number of nitrogens with one attached hydrogen (secondary N) is 1. The second-order valence-corrected chi connectivity index (χ2v) is 8.31. The van der Waals surface area contributed by atoms with Gasteiger partial charge in [-0.3, -0.25) is 9.59 Å². The van der Waals surface area contributed by atoms with E-state index in [1.54, 1.807) is 17.0 Å². The number of benzene rings is 1. The number of nitrogens with zero attached hydrogens (tertiary/aromatic N) is 3. The highest BCUT2D eigenvalue weighted by atomic mass is 16.5. The topological polar surface area (TPSA) is 74.4 Å². The molecular formula is C22H34N4O4. The molecular weight excluding hydrogens is 384 g/mol. The number of amides is 2. The first-order valence-electron chi connectivity index (χ1n) is 10.7. The van der Waals surface area contributed by atoms with Gasteiger partial charge < -0.3 is 29.5 Å². The average molecular weight is 419 g/mol. The number of anilines is 1. The minimum atomic E-state index is -0.184. The van der Waals surface area contributed by atoms with E-state index in [0.29, 0.717) is 28.8 Å². The highest BCUT2D eigenvalue weighted by molar-refractivity contribution is 6.00. The molecule has 1 aromatic carbocycles. The molecule has 30 heavy (non-hydrogen) atoms. The van der Waals surface area contributed by atoms with Crippen LogP contribution in [0.2, 0.25) is 0 Å². The van der Waals surface area contributed by atoms with Crippen molar-refractivity contribution in [3.63, 3.8) is 0 Å². The predicted octanol–water partition coefficient (Wildman–Crippen LogP) is 1.90. The molecule has 0 saturated carbocycles. The maximum absolute atomic E-state index is 13.2. The van der Waals surface area contributed by atoms with Crippen molar-refractivity contribution in [3.8, 4) is 11.5 Å². The average Bonchev–Trinajstić information content (AvgIpc) is 3.27. The molecule has 2 heterocycles. The van der Waals surface area contributed by atoms with Gasteiger partial charge in [0.15, 0.2) is 11.5 Å². The molecule has 0 radical (unpaired) electrons. The maximum atomic E-state index is 13.2. The Morgan fingerprint density at radius 2 is 1.73 bits per heavy atom. The number of likely N-dealkylation sites (N-methyl/N-ethyl adjacent to an activating group) is 1. The third kappa shape index (κ3) is 5.23. The van der Waals surface area contributed by atoms with Crippen molar-refractivity contribution in [1.82, 2.24) is 14.7 Å². The van der Waals surface area contributed by atoms with Gasteiger partial charge in [-0.05, 0) is 65.0 Å². The quantitative estimate of drug-likeness (QED) is 0.729. The molecule has 0 unspecified atom stereocenters. The maximum Gasteiger partial charge on any atom is 0.254 e. The zero-order valence-corrected chi connectivity index (χ0v) is 18.6. The number of likely N-dealkylation sites (tertiary alicyclic amines) is 2. The van der Waals surface area contributed by atoms with Crippen molar-refractivity contribution in [2.75, 3.05) is 66.4 Å². The lowest BCUT2D eigenvalue weighted by Crippen LogP contribution is -2.45. The van der Waals surface area contributed by atoms with E-state index in [2.05, 4.69) is 10.2 Å². The van der Waals surface area contributed by atoms with Crippen molar-refractivity contribution in [2.24, 2.45) is 0 Å². The first-order chi connectivity index (χ1) is 14.4. The van der Waals surface area contributed by atoms with Crippen LogP contribution in [0.5, 0.6) is 11.5 Å². The Morgan fingerprint density at radius 3 is 2.30 bits per heavy atom. The summed E-state index contributed by atoms with van der Waals surface area (Å²) in [6.07, 6.45) is 4.58. The molecule has 0 aliphatic carbocycles. The van der Waals surface area contributed by atoms with Crippen molar-refractivity contribution in [3.05, 3.63) is 17.7 Å². The van der Waals surface area contributed by atoms with Crippen LogP contribution in [0.15, 0.2) is 12.1 Å². The Hall–Kier alpha value is -2.32. The summed E-state index contributed by atoms with van der Waals surface area (Å²) in [5.41, 5.74) is 0.937. The molecule has 2 saturated heterocycles. The highest BCUT2D eigenvalue weighted by Gasteiger charge is 2.29. The van der Waals surface area contributed by atoms with Gasteiger partial charge in [-0.15, -0.1) is 0 Å². The molecule has 0 aromatic heterocycles. The van der Waals surface area contributed by atoms with Crippen LogP contribution in [0.25, 0.3) is 0 Å². The van der Waals surface area contributed by atoms with Gasteiger partial charge in [0.25, 0.3) is 5.91 Å². The Balaban J connectivity index is 1.74. The van der Waals surface area contributed by atoms with Gasteiger partial charge in [-0.25, -0.2) is 0 Å². The number of piperidine rings is 1. The smallest absolute Gasteiger partial charge is 0.254 e. The van der Waals surface area contributed by atoms with Crippen LogP contribution in [0.3, 0.4) is 0 Å². The van der Waals surface area contributed by atoms with Gasteiger partial charge in [0, 0.05) is 24.7 Å². The molecule has 2 fully saturated rings. The highest BCUT2D eigenvalue weighted by Crippen LogP contribution is 2.37. The van der Waals surface area contributed by atoms with Gasteiger partial charge in [-0.2, -0.15) is 0 Å². The molecule has 0 bridgehead atoms. The Kier molecular flexibility index (Phi) is 7.55. The second-order valence-electron chi connectivity index (χ2n) is 8.31.